The molecule has 0 atom stereocenters. The fourth-order valence-electron chi connectivity index (χ4n) is 3.06. The minimum atomic E-state index is -0.675. The highest BCUT2D eigenvalue weighted by atomic mass is 32.1. The van der Waals surface area contributed by atoms with E-state index in [1.165, 1.54) is 11.3 Å². The van der Waals surface area contributed by atoms with Gasteiger partial charge in [-0.15, -0.1) is 11.3 Å². The lowest BCUT2D eigenvalue weighted by Gasteiger charge is -2.15. The molecule has 3 aromatic rings. The number of rotatable bonds is 4. The molecule has 0 saturated heterocycles. The van der Waals surface area contributed by atoms with Crippen LogP contribution in [0.2, 0.25) is 0 Å². The van der Waals surface area contributed by atoms with Crippen molar-refractivity contribution in [2.75, 3.05) is 5.73 Å². The molecule has 3 heterocycles. The number of thiophene rings is 1. The van der Waals surface area contributed by atoms with E-state index in [2.05, 4.69) is 10.6 Å². The van der Waals surface area contributed by atoms with E-state index in [0.717, 1.165) is 15.5 Å². The van der Waals surface area contributed by atoms with Crippen molar-refractivity contribution in [2.45, 2.75) is 6.54 Å². The van der Waals surface area contributed by atoms with Gasteiger partial charge < -0.3 is 11.1 Å². The molecule has 0 saturated carbocycles. The first-order valence-electron chi connectivity index (χ1n) is 8.28. The van der Waals surface area contributed by atoms with Crippen LogP contribution in [0, 0.1) is 0 Å². The van der Waals surface area contributed by atoms with E-state index in [-0.39, 0.29) is 28.2 Å². The fraction of sp³-hybridized carbons (Fsp3) is 0.0526. The van der Waals surface area contributed by atoms with E-state index in [9.17, 15) is 19.2 Å². The maximum atomic E-state index is 12.7. The summed E-state index contributed by atoms with van der Waals surface area (Å²) < 4.78 is 1.07. The van der Waals surface area contributed by atoms with E-state index < -0.39 is 23.3 Å². The Balaban J connectivity index is 1.78. The van der Waals surface area contributed by atoms with Crippen LogP contribution in [0.1, 0.15) is 36.0 Å². The third kappa shape index (κ3) is 2.87. The van der Waals surface area contributed by atoms with Gasteiger partial charge in [-0.25, -0.2) is 0 Å². The van der Waals surface area contributed by atoms with E-state index in [1.807, 2.05) is 17.5 Å². The van der Waals surface area contributed by atoms with Crippen LogP contribution >= 0.6 is 11.3 Å². The van der Waals surface area contributed by atoms with Crippen LogP contribution in [0.15, 0.2) is 52.6 Å². The number of carbonyl (C=O) groups is 3. The molecule has 4 N–H and O–H groups in total. The number of imide groups is 1. The second kappa shape index (κ2) is 6.78. The van der Waals surface area contributed by atoms with Gasteiger partial charge in [0.15, 0.2) is 0 Å². The minimum absolute atomic E-state index is 0.0663. The lowest BCUT2D eigenvalue weighted by Crippen LogP contribution is -2.28. The number of fused-ring (bicyclic) bond motifs is 1. The SMILES string of the molecule is Nc1c2c(cc(=O)n1-c1ccccc1C(=O)NCc1cccs1)C(=O)NC2=O. The Morgan fingerprint density at radius 2 is 1.89 bits per heavy atom. The van der Waals surface area contributed by atoms with E-state index in [1.54, 1.807) is 24.3 Å². The van der Waals surface area contributed by atoms with Crippen LogP contribution in [-0.4, -0.2) is 22.3 Å². The highest BCUT2D eigenvalue weighted by Gasteiger charge is 2.32. The Kier molecular flexibility index (Phi) is 4.28. The van der Waals surface area contributed by atoms with Crippen LogP contribution in [0.4, 0.5) is 5.82 Å². The lowest BCUT2D eigenvalue weighted by molar-refractivity contribution is 0.0878. The highest BCUT2D eigenvalue weighted by Crippen LogP contribution is 2.24. The quantitative estimate of drug-likeness (QED) is 0.576. The number of anilines is 1. The molecular weight excluding hydrogens is 380 g/mol. The predicted octanol–water partition coefficient (Wildman–Crippen LogP) is 1.29. The molecule has 28 heavy (non-hydrogen) atoms. The van der Waals surface area contributed by atoms with Crippen LogP contribution in [0.5, 0.6) is 0 Å². The van der Waals surface area contributed by atoms with Gasteiger partial charge in [-0.05, 0) is 23.6 Å². The largest absolute Gasteiger partial charge is 0.384 e. The number of nitrogens with one attached hydrogen (secondary N) is 2. The van der Waals surface area contributed by atoms with Gasteiger partial charge in [-0.3, -0.25) is 29.1 Å². The van der Waals surface area contributed by atoms with Crippen LogP contribution in [0.25, 0.3) is 5.69 Å². The summed E-state index contributed by atoms with van der Waals surface area (Å²) in [5.41, 5.74) is 5.76. The number of amides is 3. The molecule has 1 aliphatic rings. The maximum Gasteiger partial charge on any atom is 0.262 e. The number of hydrogen-bond donors (Lipinski definition) is 3. The summed E-state index contributed by atoms with van der Waals surface area (Å²) in [6, 6.07) is 11.3. The monoisotopic (exact) mass is 394 g/mol. The average molecular weight is 394 g/mol. The molecule has 3 amide bonds. The summed E-state index contributed by atoms with van der Waals surface area (Å²) in [4.78, 5) is 50.2. The molecule has 1 aromatic carbocycles. The molecular formula is C19H14N4O4S. The van der Waals surface area contributed by atoms with Crippen LogP contribution in [0.3, 0.4) is 0 Å². The molecule has 0 bridgehead atoms. The highest BCUT2D eigenvalue weighted by molar-refractivity contribution is 7.09. The zero-order chi connectivity index (χ0) is 19.8. The molecule has 0 radical (unpaired) electrons. The molecule has 0 aliphatic carbocycles. The molecule has 4 rings (SSSR count). The zero-order valence-corrected chi connectivity index (χ0v) is 15.2. The van der Waals surface area contributed by atoms with Crippen molar-refractivity contribution < 1.29 is 14.4 Å². The summed E-state index contributed by atoms with van der Waals surface area (Å²) in [6.07, 6.45) is 0. The number of carbonyl (C=O) groups excluding carboxylic acids is 3. The Bertz CT molecular complexity index is 1180. The molecule has 0 fully saturated rings. The third-order valence-electron chi connectivity index (χ3n) is 4.35. The van der Waals surface area contributed by atoms with Crippen molar-refractivity contribution >= 4 is 34.9 Å². The number of benzene rings is 1. The zero-order valence-electron chi connectivity index (χ0n) is 14.4. The number of para-hydroxylation sites is 1. The molecule has 0 spiro atoms. The second-order valence-corrected chi connectivity index (χ2v) is 7.09. The first-order chi connectivity index (χ1) is 13.5. The molecule has 8 nitrogen and oxygen atoms in total. The fourth-order valence-corrected chi connectivity index (χ4v) is 3.71. The van der Waals surface area contributed by atoms with Crippen LogP contribution < -0.4 is 21.9 Å². The van der Waals surface area contributed by atoms with Gasteiger partial charge >= 0.3 is 0 Å². The van der Waals surface area contributed by atoms with Crippen molar-refractivity contribution in [1.29, 1.82) is 0 Å². The topological polar surface area (TPSA) is 123 Å². The van der Waals surface area contributed by atoms with E-state index >= 15 is 0 Å². The van der Waals surface area contributed by atoms with Gasteiger partial charge in [0, 0.05) is 10.9 Å². The summed E-state index contributed by atoms with van der Waals surface area (Å²) in [5, 5.41) is 6.82. The average Bonchev–Trinajstić information content (AvgIpc) is 3.28. The summed E-state index contributed by atoms with van der Waals surface area (Å²) in [7, 11) is 0. The number of nitrogen functional groups attached to an aromatic ring is 1. The minimum Gasteiger partial charge on any atom is -0.384 e. The first-order valence-corrected chi connectivity index (χ1v) is 9.16. The third-order valence-corrected chi connectivity index (χ3v) is 5.22. The summed E-state index contributed by atoms with van der Waals surface area (Å²) in [6.45, 7) is 0.344. The lowest BCUT2D eigenvalue weighted by atomic mass is 10.1. The van der Waals surface area contributed by atoms with Crippen molar-refractivity contribution in [2.24, 2.45) is 0 Å². The normalized spacial score (nSPS) is 12.6. The standard InChI is InChI=1S/C19H14N4O4S/c20-16-15-12(18(26)22-19(15)27)8-14(24)23(16)13-6-2-1-5-11(13)17(25)21-9-10-4-3-7-28-10/h1-8H,9,20H2,(H,21,25)(H,22,26,27). The van der Waals surface area contributed by atoms with E-state index in [4.69, 9.17) is 5.73 Å². The smallest absolute Gasteiger partial charge is 0.262 e. The van der Waals surface area contributed by atoms with Gasteiger partial charge in [-0.2, -0.15) is 0 Å². The van der Waals surface area contributed by atoms with Crippen molar-refractivity contribution in [3.05, 3.63) is 79.8 Å². The van der Waals surface area contributed by atoms with Crippen molar-refractivity contribution in [1.82, 2.24) is 15.2 Å². The van der Waals surface area contributed by atoms with Crippen LogP contribution in [-0.2, 0) is 6.54 Å². The number of hydrogen-bond acceptors (Lipinski definition) is 6. The Morgan fingerprint density at radius 1 is 1.11 bits per heavy atom. The number of aromatic nitrogens is 1. The van der Waals surface area contributed by atoms with Gasteiger partial charge in [0.05, 0.1) is 28.9 Å². The molecule has 9 heteroatoms. The molecule has 140 valence electrons. The van der Waals surface area contributed by atoms with E-state index in [0.29, 0.717) is 6.54 Å². The Morgan fingerprint density at radius 3 is 2.64 bits per heavy atom. The molecule has 0 unspecified atom stereocenters. The van der Waals surface area contributed by atoms with Gasteiger partial charge in [0.1, 0.15) is 5.82 Å². The summed E-state index contributed by atoms with van der Waals surface area (Å²) in [5.74, 6) is -1.93. The van der Waals surface area contributed by atoms with Crippen molar-refractivity contribution in [3.63, 3.8) is 0 Å². The maximum absolute atomic E-state index is 12.7. The van der Waals surface area contributed by atoms with Gasteiger partial charge in [-0.1, -0.05) is 18.2 Å². The number of pyridine rings is 1. The van der Waals surface area contributed by atoms with Crippen molar-refractivity contribution in [3.8, 4) is 5.69 Å². The first kappa shape index (κ1) is 17.7. The number of nitrogens with zero attached hydrogens (tertiary/aromatic N) is 1. The van der Waals surface area contributed by atoms with Gasteiger partial charge in [0.2, 0.25) is 0 Å². The predicted molar refractivity (Wildman–Crippen MR) is 104 cm³/mol. The second-order valence-electron chi connectivity index (χ2n) is 6.05. The molecule has 1 aliphatic heterocycles. The number of nitrogens with two attached hydrogens (primary N) is 1. The summed E-state index contributed by atoms with van der Waals surface area (Å²) >= 11 is 1.51. The molecule has 2 aromatic heterocycles. The van der Waals surface area contributed by atoms with Gasteiger partial charge in [0.25, 0.3) is 23.3 Å². The Labute approximate surface area is 162 Å². The Hall–Kier alpha value is -3.72.